The largest absolute Gasteiger partial charge is 0.495 e. The van der Waals surface area contributed by atoms with Crippen LogP contribution in [0.25, 0.3) is 0 Å². The lowest BCUT2D eigenvalue weighted by Gasteiger charge is -2.28. The summed E-state index contributed by atoms with van der Waals surface area (Å²) in [5.41, 5.74) is 5.47. The molecule has 150 valence electrons. The average Bonchev–Trinajstić information content (AvgIpc) is 3.19. The Balaban J connectivity index is 1.87. The molecule has 1 aromatic carbocycles. The molecule has 0 bridgehead atoms. The molecule has 2 aromatic heterocycles. The van der Waals surface area contributed by atoms with Crippen molar-refractivity contribution >= 4 is 34.6 Å². The van der Waals surface area contributed by atoms with E-state index < -0.39 is 0 Å². The maximum absolute atomic E-state index is 6.43. The van der Waals surface area contributed by atoms with E-state index in [2.05, 4.69) is 46.7 Å². The topological polar surface area (TPSA) is 42.3 Å². The fourth-order valence-electron chi connectivity index (χ4n) is 3.94. The van der Waals surface area contributed by atoms with Gasteiger partial charge in [0.2, 0.25) is 0 Å². The smallest absolute Gasteiger partial charge is 0.174 e. The number of pyridine rings is 1. The minimum atomic E-state index is -0.0786. The van der Waals surface area contributed by atoms with E-state index in [1.54, 1.807) is 7.11 Å². The first kappa shape index (κ1) is 19.7. The highest BCUT2D eigenvalue weighted by molar-refractivity contribution is 7.80. The van der Waals surface area contributed by atoms with Crippen LogP contribution in [0.5, 0.6) is 5.75 Å². The van der Waals surface area contributed by atoms with Crippen molar-refractivity contribution in [1.82, 2.24) is 14.9 Å². The summed E-state index contributed by atoms with van der Waals surface area (Å²) < 4.78 is 7.52. The molecule has 4 rings (SSSR count). The van der Waals surface area contributed by atoms with Crippen LogP contribution >= 0.6 is 23.8 Å². The maximum Gasteiger partial charge on any atom is 0.174 e. The zero-order valence-electron chi connectivity index (χ0n) is 16.8. The Morgan fingerprint density at radius 3 is 2.55 bits per heavy atom. The van der Waals surface area contributed by atoms with Crippen molar-refractivity contribution in [2.75, 3.05) is 12.0 Å². The van der Waals surface area contributed by atoms with Crippen LogP contribution in [0.3, 0.4) is 0 Å². The number of anilines is 1. The number of aromatic nitrogens is 2. The third-order valence-corrected chi connectivity index (χ3v) is 6.25. The van der Waals surface area contributed by atoms with Gasteiger partial charge >= 0.3 is 0 Å². The molecule has 1 N–H and O–H groups in total. The first-order valence-corrected chi connectivity index (χ1v) is 10.2. The van der Waals surface area contributed by atoms with E-state index >= 15 is 0 Å². The van der Waals surface area contributed by atoms with Crippen molar-refractivity contribution in [3.8, 4) is 5.75 Å². The molecule has 0 amide bonds. The van der Waals surface area contributed by atoms with Gasteiger partial charge in [-0.2, -0.15) is 0 Å². The molecule has 5 nitrogen and oxygen atoms in total. The molecule has 2 atom stereocenters. The third kappa shape index (κ3) is 3.36. The Morgan fingerprint density at radius 2 is 1.97 bits per heavy atom. The Bertz CT molecular complexity index is 1070. The highest BCUT2D eigenvalue weighted by atomic mass is 35.5. The maximum atomic E-state index is 6.43. The van der Waals surface area contributed by atoms with E-state index in [1.165, 1.54) is 17.0 Å². The second-order valence-corrected chi connectivity index (χ2v) is 7.99. The number of aryl methyl sites for hydroxylation is 1. The van der Waals surface area contributed by atoms with Gasteiger partial charge in [0.1, 0.15) is 5.75 Å². The highest BCUT2D eigenvalue weighted by Crippen LogP contribution is 2.44. The zero-order chi connectivity index (χ0) is 20.7. The van der Waals surface area contributed by atoms with Crippen molar-refractivity contribution in [2.45, 2.75) is 25.9 Å². The van der Waals surface area contributed by atoms with Crippen LogP contribution in [0.15, 0.2) is 48.7 Å². The van der Waals surface area contributed by atoms with E-state index in [9.17, 15) is 0 Å². The van der Waals surface area contributed by atoms with Gasteiger partial charge in [-0.25, -0.2) is 0 Å². The zero-order valence-corrected chi connectivity index (χ0v) is 18.4. The van der Waals surface area contributed by atoms with Crippen LogP contribution in [0.2, 0.25) is 5.02 Å². The monoisotopic (exact) mass is 426 g/mol. The van der Waals surface area contributed by atoms with Gasteiger partial charge in [-0.1, -0.05) is 17.7 Å². The Labute approximate surface area is 181 Å². The van der Waals surface area contributed by atoms with Crippen molar-refractivity contribution in [3.05, 3.63) is 76.3 Å². The summed E-state index contributed by atoms with van der Waals surface area (Å²) in [5.74, 6) is 0.637. The molecule has 1 aliphatic heterocycles. The van der Waals surface area contributed by atoms with E-state index in [0.717, 1.165) is 11.4 Å². The number of hydrogen-bond donors (Lipinski definition) is 1. The Kier molecular flexibility index (Phi) is 5.23. The van der Waals surface area contributed by atoms with Crippen LogP contribution in [0.1, 0.15) is 34.7 Å². The van der Waals surface area contributed by atoms with Crippen LogP contribution < -0.4 is 15.0 Å². The van der Waals surface area contributed by atoms with Crippen molar-refractivity contribution < 1.29 is 4.74 Å². The molecule has 29 heavy (non-hydrogen) atoms. The van der Waals surface area contributed by atoms with E-state index in [4.69, 9.17) is 28.6 Å². The molecular formula is C22H23ClN4OS. The van der Waals surface area contributed by atoms with Crippen LogP contribution in [0.4, 0.5) is 5.69 Å². The SMILES string of the molecule is COc1ccc(N2C(=S)N[C@H](c3ccccn3)[C@@H]2c2cc(C)n(C)c2C)cc1Cl. The summed E-state index contributed by atoms with van der Waals surface area (Å²) in [4.78, 5) is 6.73. The molecule has 1 aliphatic rings. The van der Waals surface area contributed by atoms with Crippen molar-refractivity contribution in [2.24, 2.45) is 7.05 Å². The lowest BCUT2D eigenvalue weighted by molar-refractivity contribution is 0.415. The molecule has 1 fully saturated rings. The highest BCUT2D eigenvalue weighted by Gasteiger charge is 2.42. The number of hydrogen-bond acceptors (Lipinski definition) is 3. The van der Waals surface area contributed by atoms with Crippen molar-refractivity contribution in [1.29, 1.82) is 0 Å². The number of nitrogens with one attached hydrogen (secondary N) is 1. The quantitative estimate of drug-likeness (QED) is 0.602. The van der Waals surface area contributed by atoms with Gasteiger partial charge in [0.25, 0.3) is 0 Å². The fourth-order valence-corrected chi connectivity index (χ4v) is 4.54. The van der Waals surface area contributed by atoms with Gasteiger partial charge in [0.15, 0.2) is 5.11 Å². The number of benzene rings is 1. The van der Waals surface area contributed by atoms with Crippen LogP contribution in [0, 0.1) is 13.8 Å². The molecule has 0 spiro atoms. The third-order valence-electron chi connectivity index (χ3n) is 5.64. The minimum Gasteiger partial charge on any atom is -0.495 e. The lowest BCUT2D eigenvalue weighted by Crippen LogP contribution is -2.29. The summed E-state index contributed by atoms with van der Waals surface area (Å²) in [6.45, 7) is 4.25. The molecule has 0 saturated carbocycles. The number of halogens is 1. The molecule has 3 aromatic rings. The predicted molar refractivity (Wildman–Crippen MR) is 121 cm³/mol. The van der Waals surface area contributed by atoms with Gasteiger partial charge in [-0.05, 0) is 68.0 Å². The predicted octanol–water partition coefficient (Wildman–Crippen LogP) is 4.88. The van der Waals surface area contributed by atoms with Gasteiger partial charge in [0.05, 0.1) is 29.9 Å². The van der Waals surface area contributed by atoms with E-state index in [1.807, 2.05) is 42.6 Å². The number of methoxy groups -OCH3 is 1. The number of ether oxygens (including phenoxy) is 1. The number of rotatable bonds is 4. The van der Waals surface area contributed by atoms with Crippen LogP contribution in [-0.4, -0.2) is 21.8 Å². The summed E-state index contributed by atoms with van der Waals surface area (Å²) in [6, 6.07) is 13.8. The van der Waals surface area contributed by atoms with E-state index in [0.29, 0.717) is 15.9 Å². The molecule has 7 heteroatoms. The molecular weight excluding hydrogens is 404 g/mol. The first-order chi connectivity index (χ1) is 13.9. The van der Waals surface area contributed by atoms with Gasteiger partial charge in [-0.15, -0.1) is 0 Å². The number of thiocarbonyl (C=S) groups is 1. The second-order valence-electron chi connectivity index (χ2n) is 7.20. The minimum absolute atomic E-state index is 0.0539. The lowest BCUT2D eigenvalue weighted by atomic mass is 9.96. The Hall–Kier alpha value is -2.57. The van der Waals surface area contributed by atoms with Gasteiger partial charge < -0.3 is 19.5 Å². The molecule has 0 radical (unpaired) electrons. The Morgan fingerprint density at radius 1 is 1.17 bits per heavy atom. The first-order valence-electron chi connectivity index (χ1n) is 9.39. The molecule has 1 saturated heterocycles. The summed E-state index contributed by atoms with van der Waals surface area (Å²) in [6.07, 6.45) is 1.81. The average molecular weight is 427 g/mol. The second kappa shape index (κ2) is 7.69. The fraction of sp³-hybridized carbons (Fsp3) is 0.273. The van der Waals surface area contributed by atoms with Crippen molar-refractivity contribution in [3.63, 3.8) is 0 Å². The van der Waals surface area contributed by atoms with Crippen LogP contribution in [-0.2, 0) is 7.05 Å². The standard InChI is InChI=1S/C22H23ClN4OS/c1-13-11-16(14(2)26(13)3)21-20(18-7-5-6-10-24-18)25-22(29)27(21)15-8-9-19(28-4)17(23)12-15/h5-12,20-21H,1-4H3,(H,25,29)/t20-,21+/m1/s1. The normalized spacial score (nSPS) is 18.8. The van der Waals surface area contributed by atoms with Gasteiger partial charge in [0, 0.05) is 30.3 Å². The molecule has 0 aliphatic carbocycles. The summed E-state index contributed by atoms with van der Waals surface area (Å²) in [7, 11) is 3.69. The molecule has 0 unspecified atom stereocenters. The summed E-state index contributed by atoms with van der Waals surface area (Å²) >= 11 is 12.2. The van der Waals surface area contributed by atoms with Gasteiger partial charge in [-0.3, -0.25) is 4.98 Å². The molecule has 3 heterocycles. The summed E-state index contributed by atoms with van der Waals surface area (Å²) in [5, 5.41) is 4.68. The number of nitrogens with zero attached hydrogens (tertiary/aromatic N) is 3. The van der Waals surface area contributed by atoms with E-state index in [-0.39, 0.29) is 12.1 Å².